The molecule has 0 aliphatic carbocycles. The van der Waals surface area contributed by atoms with E-state index < -0.39 is 0 Å². The van der Waals surface area contributed by atoms with E-state index in [2.05, 4.69) is 26.1 Å². The molecule has 0 bridgehead atoms. The van der Waals surface area contributed by atoms with E-state index in [0.717, 1.165) is 11.3 Å². The SMILES string of the molecule is Cc1c(NC(C)C(C)C)cccc1C(N)=O. The molecule has 1 aromatic rings. The molecule has 0 saturated heterocycles. The van der Waals surface area contributed by atoms with Gasteiger partial charge in [0.05, 0.1) is 0 Å². The van der Waals surface area contributed by atoms with Crippen molar-refractivity contribution in [3.05, 3.63) is 29.3 Å². The van der Waals surface area contributed by atoms with E-state index in [9.17, 15) is 4.79 Å². The lowest BCUT2D eigenvalue weighted by Gasteiger charge is -2.21. The van der Waals surface area contributed by atoms with E-state index in [1.165, 1.54) is 0 Å². The molecule has 3 N–H and O–H groups in total. The van der Waals surface area contributed by atoms with Gasteiger partial charge in [-0.1, -0.05) is 19.9 Å². The standard InChI is InChI=1S/C13H20N2O/c1-8(2)10(4)15-12-7-5-6-11(9(12)3)13(14)16/h5-8,10,15H,1-4H3,(H2,14,16). The fourth-order valence-corrected chi connectivity index (χ4v) is 1.47. The van der Waals surface area contributed by atoms with Crippen LogP contribution in [0, 0.1) is 12.8 Å². The largest absolute Gasteiger partial charge is 0.382 e. The van der Waals surface area contributed by atoms with Crippen LogP contribution in [0.15, 0.2) is 18.2 Å². The van der Waals surface area contributed by atoms with Gasteiger partial charge in [-0.2, -0.15) is 0 Å². The van der Waals surface area contributed by atoms with Gasteiger partial charge in [-0.15, -0.1) is 0 Å². The van der Waals surface area contributed by atoms with E-state index in [-0.39, 0.29) is 5.91 Å². The van der Waals surface area contributed by atoms with Crippen LogP contribution in [0.4, 0.5) is 5.69 Å². The highest BCUT2D eigenvalue weighted by atomic mass is 16.1. The van der Waals surface area contributed by atoms with Gasteiger partial charge in [-0.05, 0) is 37.5 Å². The maximum atomic E-state index is 11.2. The predicted octanol–water partition coefficient (Wildman–Crippen LogP) is 2.55. The van der Waals surface area contributed by atoms with E-state index in [1.807, 2.05) is 19.1 Å². The summed E-state index contributed by atoms with van der Waals surface area (Å²) in [7, 11) is 0. The Labute approximate surface area is 97.0 Å². The Kier molecular flexibility index (Phi) is 3.93. The van der Waals surface area contributed by atoms with Gasteiger partial charge in [0, 0.05) is 17.3 Å². The normalized spacial score (nSPS) is 12.6. The van der Waals surface area contributed by atoms with E-state index in [0.29, 0.717) is 17.5 Å². The fraction of sp³-hybridized carbons (Fsp3) is 0.462. The first kappa shape index (κ1) is 12.6. The van der Waals surface area contributed by atoms with Gasteiger partial charge in [-0.25, -0.2) is 0 Å². The van der Waals surface area contributed by atoms with Crippen LogP contribution in [0.5, 0.6) is 0 Å². The van der Waals surface area contributed by atoms with Crippen molar-refractivity contribution in [2.45, 2.75) is 33.7 Å². The highest BCUT2D eigenvalue weighted by Gasteiger charge is 2.11. The van der Waals surface area contributed by atoms with Crippen LogP contribution in [0.2, 0.25) is 0 Å². The molecular weight excluding hydrogens is 200 g/mol. The van der Waals surface area contributed by atoms with Crippen LogP contribution in [0.3, 0.4) is 0 Å². The Morgan fingerprint density at radius 3 is 2.44 bits per heavy atom. The molecule has 0 aliphatic rings. The van der Waals surface area contributed by atoms with Gasteiger partial charge in [0.25, 0.3) is 0 Å². The smallest absolute Gasteiger partial charge is 0.249 e. The quantitative estimate of drug-likeness (QED) is 0.819. The third-order valence-corrected chi connectivity index (χ3v) is 2.98. The van der Waals surface area contributed by atoms with Crippen molar-refractivity contribution < 1.29 is 4.79 Å². The van der Waals surface area contributed by atoms with Crippen molar-refractivity contribution in [2.75, 3.05) is 5.32 Å². The Hall–Kier alpha value is -1.51. The van der Waals surface area contributed by atoms with Crippen molar-refractivity contribution >= 4 is 11.6 Å². The Morgan fingerprint density at radius 2 is 1.94 bits per heavy atom. The summed E-state index contributed by atoms with van der Waals surface area (Å²) >= 11 is 0. The number of nitrogens with two attached hydrogens (primary N) is 1. The number of amides is 1. The van der Waals surface area contributed by atoms with Crippen molar-refractivity contribution in [2.24, 2.45) is 11.7 Å². The number of hydrogen-bond donors (Lipinski definition) is 2. The van der Waals surface area contributed by atoms with Crippen LogP contribution in [0.1, 0.15) is 36.7 Å². The lowest BCUT2D eigenvalue weighted by Crippen LogP contribution is -2.23. The van der Waals surface area contributed by atoms with Gasteiger partial charge in [0.15, 0.2) is 0 Å². The number of benzene rings is 1. The molecule has 0 radical (unpaired) electrons. The monoisotopic (exact) mass is 220 g/mol. The zero-order chi connectivity index (χ0) is 12.3. The number of nitrogens with one attached hydrogen (secondary N) is 1. The highest BCUT2D eigenvalue weighted by molar-refractivity contribution is 5.95. The molecule has 0 heterocycles. The summed E-state index contributed by atoms with van der Waals surface area (Å²) in [6, 6.07) is 5.94. The van der Waals surface area contributed by atoms with Gasteiger partial charge in [0.1, 0.15) is 0 Å². The predicted molar refractivity (Wildman–Crippen MR) is 67.6 cm³/mol. The number of carbonyl (C=O) groups is 1. The average Bonchev–Trinajstić information content (AvgIpc) is 2.20. The minimum Gasteiger partial charge on any atom is -0.382 e. The highest BCUT2D eigenvalue weighted by Crippen LogP contribution is 2.20. The molecule has 1 amide bonds. The molecule has 0 aromatic heterocycles. The van der Waals surface area contributed by atoms with Gasteiger partial charge in [0.2, 0.25) is 5.91 Å². The van der Waals surface area contributed by atoms with Crippen molar-refractivity contribution in [3.63, 3.8) is 0 Å². The van der Waals surface area contributed by atoms with Crippen molar-refractivity contribution in [3.8, 4) is 0 Å². The zero-order valence-electron chi connectivity index (χ0n) is 10.4. The zero-order valence-corrected chi connectivity index (χ0v) is 10.4. The first-order chi connectivity index (χ1) is 7.43. The summed E-state index contributed by atoms with van der Waals surface area (Å²) in [5.41, 5.74) is 7.79. The summed E-state index contributed by atoms with van der Waals surface area (Å²) in [6.07, 6.45) is 0. The fourth-order valence-electron chi connectivity index (χ4n) is 1.47. The molecule has 0 spiro atoms. The van der Waals surface area contributed by atoms with Gasteiger partial charge >= 0.3 is 0 Å². The number of rotatable bonds is 4. The minimum absolute atomic E-state index is 0.363. The number of anilines is 1. The van der Waals surface area contributed by atoms with Crippen molar-refractivity contribution in [1.82, 2.24) is 0 Å². The minimum atomic E-state index is -0.377. The van der Waals surface area contributed by atoms with Gasteiger partial charge in [-0.3, -0.25) is 4.79 Å². The second kappa shape index (κ2) is 5.01. The molecule has 0 saturated carbocycles. The Morgan fingerprint density at radius 1 is 1.31 bits per heavy atom. The summed E-state index contributed by atoms with van der Waals surface area (Å²) in [4.78, 5) is 11.2. The third-order valence-electron chi connectivity index (χ3n) is 2.98. The maximum Gasteiger partial charge on any atom is 0.249 e. The van der Waals surface area contributed by atoms with E-state index in [1.54, 1.807) is 6.07 Å². The van der Waals surface area contributed by atoms with Crippen LogP contribution in [-0.2, 0) is 0 Å². The molecule has 0 fully saturated rings. The molecule has 1 aromatic carbocycles. The lowest BCUT2D eigenvalue weighted by atomic mass is 10.0. The third kappa shape index (κ3) is 2.75. The molecule has 1 unspecified atom stereocenters. The van der Waals surface area contributed by atoms with Crippen LogP contribution < -0.4 is 11.1 Å². The van der Waals surface area contributed by atoms with Crippen LogP contribution in [0.25, 0.3) is 0 Å². The molecule has 3 heteroatoms. The molecule has 1 atom stereocenters. The topological polar surface area (TPSA) is 55.1 Å². The Bertz CT molecular complexity index is 386. The van der Waals surface area contributed by atoms with E-state index >= 15 is 0 Å². The van der Waals surface area contributed by atoms with Crippen LogP contribution >= 0.6 is 0 Å². The maximum absolute atomic E-state index is 11.2. The average molecular weight is 220 g/mol. The second-order valence-corrected chi connectivity index (χ2v) is 4.52. The molecule has 88 valence electrons. The summed E-state index contributed by atoms with van der Waals surface area (Å²) in [5, 5.41) is 3.40. The van der Waals surface area contributed by atoms with E-state index in [4.69, 9.17) is 5.73 Å². The molecule has 16 heavy (non-hydrogen) atoms. The van der Waals surface area contributed by atoms with Crippen LogP contribution in [-0.4, -0.2) is 11.9 Å². The first-order valence-electron chi connectivity index (χ1n) is 5.59. The Balaban J connectivity index is 2.98. The molecule has 0 aliphatic heterocycles. The molecule has 1 rings (SSSR count). The summed E-state index contributed by atoms with van der Waals surface area (Å²) in [6.45, 7) is 8.35. The van der Waals surface area contributed by atoms with Crippen molar-refractivity contribution in [1.29, 1.82) is 0 Å². The number of hydrogen-bond acceptors (Lipinski definition) is 2. The second-order valence-electron chi connectivity index (χ2n) is 4.52. The number of carbonyl (C=O) groups excluding carboxylic acids is 1. The first-order valence-corrected chi connectivity index (χ1v) is 5.59. The molecule has 3 nitrogen and oxygen atoms in total. The lowest BCUT2D eigenvalue weighted by molar-refractivity contribution is 0.1000. The number of primary amides is 1. The summed E-state index contributed by atoms with van der Waals surface area (Å²) < 4.78 is 0. The summed E-state index contributed by atoms with van der Waals surface area (Å²) in [5.74, 6) is 0.162. The molecular formula is C13H20N2O. The van der Waals surface area contributed by atoms with Gasteiger partial charge < -0.3 is 11.1 Å².